The average molecular weight is 723 g/mol. The molecule has 0 radical (unpaired) electrons. The number of anilines is 2. The van der Waals surface area contributed by atoms with Gasteiger partial charge in [-0.15, -0.1) is 11.8 Å². The van der Waals surface area contributed by atoms with Gasteiger partial charge in [-0.3, -0.25) is 24.1 Å². The van der Waals surface area contributed by atoms with Gasteiger partial charge in [0.15, 0.2) is 6.61 Å². The van der Waals surface area contributed by atoms with Crippen LogP contribution in [-0.4, -0.2) is 34.6 Å². The number of hydrogen-bond acceptors (Lipinski definition) is 7. The molecule has 2 N–H and O–H groups in total. The second-order valence-electron chi connectivity index (χ2n) is 11.8. The monoisotopic (exact) mass is 721 g/mol. The molecule has 2 bridgehead atoms. The van der Waals surface area contributed by atoms with Crippen LogP contribution in [0.4, 0.5) is 11.4 Å². The number of nitrogens with zero attached hydrogens (tertiary/aromatic N) is 1. The summed E-state index contributed by atoms with van der Waals surface area (Å²) >= 11 is 12.4. The highest BCUT2D eigenvalue weighted by molar-refractivity contribution is 9.10. The van der Waals surface area contributed by atoms with Gasteiger partial charge in [-0.25, -0.2) is 0 Å². The third kappa shape index (κ3) is 4.78. The first-order valence-electron chi connectivity index (χ1n) is 14.6. The van der Waals surface area contributed by atoms with Gasteiger partial charge in [-0.1, -0.05) is 57.1 Å². The van der Waals surface area contributed by atoms with E-state index in [1.54, 1.807) is 48.2 Å². The van der Waals surface area contributed by atoms with Crippen LogP contribution in [0.15, 0.2) is 87.1 Å². The van der Waals surface area contributed by atoms with E-state index in [1.165, 1.54) is 16.2 Å². The van der Waals surface area contributed by atoms with E-state index in [0.29, 0.717) is 22.1 Å². The molecule has 7 atom stereocenters. The molecule has 228 valence electrons. The molecule has 45 heavy (non-hydrogen) atoms. The van der Waals surface area contributed by atoms with Crippen LogP contribution in [0.25, 0.3) is 0 Å². The molecule has 2 aliphatic heterocycles. The molecule has 3 fully saturated rings. The highest BCUT2D eigenvalue weighted by Crippen LogP contribution is 2.69. The topological polar surface area (TPSA) is 109 Å². The highest BCUT2D eigenvalue weighted by atomic mass is 79.9. The number of rotatable bonds is 6. The third-order valence-corrected chi connectivity index (χ3v) is 12.9. The van der Waals surface area contributed by atoms with Crippen LogP contribution in [-0.2, 0) is 14.4 Å². The molecule has 12 heteroatoms. The zero-order valence-corrected chi connectivity index (χ0v) is 27.4. The number of hydrogen-bond donors (Lipinski definition) is 2. The van der Waals surface area contributed by atoms with Crippen molar-refractivity contribution in [1.29, 1.82) is 0 Å². The van der Waals surface area contributed by atoms with Crippen LogP contribution >= 0.6 is 50.6 Å². The van der Waals surface area contributed by atoms with E-state index in [1.807, 2.05) is 36.4 Å². The van der Waals surface area contributed by atoms with Gasteiger partial charge in [0.1, 0.15) is 5.75 Å². The van der Waals surface area contributed by atoms with E-state index in [4.69, 9.17) is 16.3 Å². The normalized spacial score (nSPS) is 27.7. The van der Waals surface area contributed by atoms with Crippen LogP contribution in [0.3, 0.4) is 0 Å². The van der Waals surface area contributed by atoms with Gasteiger partial charge in [0.25, 0.3) is 5.91 Å². The summed E-state index contributed by atoms with van der Waals surface area (Å²) < 4.78 is 7.01. The Kier molecular flexibility index (Phi) is 7.20. The summed E-state index contributed by atoms with van der Waals surface area (Å²) in [6.45, 7) is -0.223. The van der Waals surface area contributed by atoms with E-state index in [9.17, 15) is 19.2 Å². The highest BCUT2D eigenvalue weighted by Gasteiger charge is 2.69. The van der Waals surface area contributed by atoms with Gasteiger partial charge in [0.2, 0.25) is 11.8 Å². The first kappa shape index (κ1) is 29.1. The SMILES string of the molecule is O=C(COc1ccc(Br)cc1[C@H]1c2sc(=O)[nH]c2SC2C3CC(C4C(=O)N(c5ccccc5)C(=O)C34)C21)Nc1ccc(Cl)cc1. The molecular weight excluding hydrogens is 698 g/mol. The minimum absolute atomic E-state index is 0.000823. The Morgan fingerprint density at radius 3 is 2.49 bits per heavy atom. The predicted octanol–water partition coefficient (Wildman–Crippen LogP) is 6.55. The van der Waals surface area contributed by atoms with Crippen molar-refractivity contribution in [3.8, 4) is 5.75 Å². The van der Waals surface area contributed by atoms with Crippen LogP contribution in [0.1, 0.15) is 22.8 Å². The van der Waals surface area contributed by atoms with Crippen molar-refractivity contribution in [2.75, 3.05) is 16.8 Å². The lowest BCUT2D eigenvalue weighted by atomic mass is 9.68. The Bertz CT molecular complexity index is 1920. The molecule has 2 saturated carbocycles. The number of halogens is 2. The number of carbonyl (C=O) groups is 3. The Balaban J connectivity index is 1.14. The maximum Gasteiger partial charge on any atom is 0.305 e. The van der Waals surface area contributed by atoms with Crippen molar-refractivity contribution in [3.63, 3.8) is 0 Å². The molecule has 4 aromatic rings. The molecule has 0 spiro atoms. The number of imide groups is 1. The number of carbonyl (C=O) groups excluding carboxylic acids is 3. The molecule has 3 aromatic carbocycles. The van der Waals surface area contributed by atoms with Gasteiger partial charge in [-0.2, -0.15) is 0 Å². The quantitative estimate of drug-likeness (QED) is 0.219. The predicted molar refractivity (Wildman–Crippen MR) is 177 cm³/mol. The first-order chi connectivity index (χ1) is 21.8. The maximum absolute atomic E-state index is 14.0. The molecule has 3 heterocycles. The molecule has 6 unspecified atom stereocenters. The fraction of sp³-hybridized carbons (Fsp3) is 0.273. The second-order valence-corrected chi connectivity index (χ2v) is 15.4. The number of nitrogens with one attached hydrogen (secondary N) is 2. The lowest BCUT2D eigenvalue weighted by Gasteiger charge is -2.43. The summed E-state index contributed by atoms with van der Waals surface area (Å²) in [5, 5.41) is 4.24. The molecule has 2 aliphatic carbocycles. The van der Waals surface area contributed by atoms with Gasteiger partial charge >= 0.3 is 4.87 Å². The molecule has 1 aromatic heterocycles. The number of ether oxygens (including phenoxy) is 1. The first-order valence-corrected chi connectivity index (χ1v) is 17.5. The summed E-state index contributed by atoms with van der Waals surface area (Å²) in [6, 6.07) is 21.7. The molecule has 3 amide bonds. The molecule has 8 rings (SSSR count). The molecule has 1 saturated heterocycles. The zero-order valence-electron chi connectivity index (χ0n) is 23.4. The summed E-state index contributed by atoms with van der Waals surface area (Å²) in [7, 11) is 0. The minimum atomic E-state index is -0.411. The average Bonchev–Trinajstić information content (AvgIpc) is 3.77. The third-order valence-electron chi connectivity index (χ3n) is 9.53. The number of thiazole rings is 1. The Morgan fingerprint density at radius 2 is 1.73 bits per heavy atom. The number of H-pyrrole nitrogens is 1. The minimum Gasteiger partial charge on any atom is -0.483 e. The van der Waals surface area contributed by atoms with Crippen molar-refractivity contribution in [2.24, 2.45) is 29.6 Å². The fourth-order valence-corrected chi connectivity index (χ4v) is 11.3. The Hall–Kier alpha value is -3.38. The number of para-hydroxylation sites is 1. The van der Waals surface area contributed by atoms with Crippen molar-refractivity contribution >= 4 is 79.7 Å². The van der Waals surface area contributed by atoms with E-state index in [2.05, 4.69) is 26.2 Å². The lowest BCUT2D eigenvalue weighted by molar-refractivity contribution is -0.123. The van der Waals surface area contributed by atoms with Gasteiger partial charge in [-0.05, 0) is 78.8 Å². The maximum atomic E-state index is 14.0. The van der Waals surface area contributed by atoms with Crippen LogP contribution < -0.4 is 19.8 Å². The van der Waals surface area contributed by atoms with Crippen LogP contribution in [0.5, 0.6) is 5.75 Å². The smallest absolute Gasteiger partial charge is 0.305 e. The molecule has 4 aliphatic rings. The van der Waals surface area contributed by atoms with E-state index < -0.39 is 5.92 Å². The summed E-state index contributed by atoms with van der Waals surface area (Å²) in [4.78, 5) is 58.6. The molecule has 8 nitrogen and oxygen atoms in total. The van der Waals surface area contributed by atoms with E-state index in [0.717, 1.165) is 26.4 Å². The summed E-state index contributed by atoms with van der Waals surface area (Å²) in [5.41, 5.74) is 2.06. The zero-order chi connectivity index (χ0) is 31.0. The van der Waals surface area contributed by atoms with Crippen molar-refractivity contribution < 1.29 is 19.1 Å². The van der Waals surface area contributed by atoms with E-state index >= 15 is 0 Å². The van der Waals surface area contributed by atoms with Crippen molar-refractivity contribution in [2.45, 2.75) is 22.6 Å². The number of thioether (sulfide) groups is 1. The number of amides is 3. The van der Waals surface area contributed by atoms with Crippen LogP contribution in [0, 0.1) is 29.6 Å². The van der Waals surface area contributed by atoms with Gasteiger partial charge in [0, 0.05) is 36.8 Å². The summed E-state index contributed by atoms with van der Waals surface area (Å²) in [5.74, 6) is -1.15. The second kappa shape index (κ2) is 11.2. The standard InChI is InChI=1S/C33H25BrClN3O5S2/c34-15-6-11-22(43-14-23(39)36-17-9-7-16(35)8-10-17)19(12-15)24-25-20-13-21(28(25)44-30-29(24)45-33(42)37-30)27-26(20)31(40)38(32(27)41)18-4-2-1-3-5-18/h1-12,20-21,24-28H,13-14H2,(H,36,39)(H,37,42)/t20?,21?,24-,25?,26?,27?,28?/m1/s1. The van der Waals surface area contributed by atoms with E-state index in [-0.39, 0.29) is 64.0 Å². The Morgan fingerprint density at radius 1 is 1.00 bits per heavy atom. The fourth-order valence-electron chi connectivity index (χ4n) is 7.96. The largest absolute Gasteiger partial charge is 0.483 e. The Labute approximate surface area is 279 Å². The summed E-state index contributed by atoms with van der Waals surface area (Å²) in [6.07, 6.45) is 0.779. The van der Waals surface area contributed by atoms with Crippen LogP contribution in [0.2, 0.25) is 5.02 Å². The van der Waals surface area contributed by atoms with Crippen molar-refractivity contribution in [1.82, 2.24) is 4.98 Å². The number of fused-ring (bicyclic) bond motifs is 9. The van der Waals surface area contributed by atoms with Gasteiger partial charge < -0.3 is 15.0 Å². The van der Waals surface area contributed by atoms with Crippen molar-refractivity contribution in [3.05, 3.63) is 102 Å². The number of aromatic amines is 1. The molecular formula is C33H25BrClN3O5S2. The number of benzene rings is 3. The number of aromatic nitrogens is 1. The van der Waals surface area contributed by atoms with Gasteiger partial charge in [0.05, 0.1) is 22.5 Å². The lowest BCUT2D eigenvalue weighted by Crippen LogP contribution is -2.42.